The minimum atomic E-state index is -0.537. The van der Waals surface area contributed by atoms with Crippen molar-refractivity contribution in [2.75, 3.05) is 18.2 Å². The van der Waals surface area contributed by atoms with Crippen molar-refractivity contribution >= 4 is 29.3 Å². The fraction of sp³-hybridized carbons (Fsp3) is 0.154. The summed E-state index contributed by atoms with van der Waals surface area (Å²) in [5, 5.41) is 3.03. The first-order valence-corrected chi connectivity index (χ1v) is 6.28. The van der Waals surface area contributed by atoms with Crippen LogP contribution in [-0.2, 0) is 11.3 Å². The predicted octanol–water partition coefficient (Wildman–Crippen LogP) is 2.25. The molecule has 0 saturated heterocycles. The Labute approximate surface area is 125 Å². The number of methoxy groups -OCH3 is 1. The van der Waals surface area contributed by atoms with E-state index in [0.29, 0.717) is 5.82 Å². The topological polar surface area (TPSA) is 90.1 Å². The van der Waals surface area contributed by atoms with Crippen molar-refractivity contribution in [1.29, 1.82) is 0 Å². The lowest BCUT2D eigenvalue weighted by Gasteiger charge is -2.09. The van der Waals surface area contributed by atoms with Gasteiger partial charge in [-0.25, -0.2) is 14.2 Å². The first-order valence-electron chi connectivity index (χ1n) is 5.90. The molecule has 0 unspecified atom stereocenters. The maximum Gasteiger partial charge on any atom is 0.337 e. The highest BCUT2D eigenvalue weighted by atomic mass is 35.5. The number of anilines is 2. The van der Waals surface area contributed by atoms with Crippen LogP contribution < -0.4 is 11.1 Å². The van der Waals surface area contributed by atoms with Crippen molar-refractivity contribution in [1.82, 2.24) is 9.97 Å². The third kappa shape index (κ3) is 3.79. The molecule has 1 heterocycles. The molecule has 0 radical (unpaired) electrons. The number of nitrogens with two attached hydrogens (primary N) is 1. The van der Waals surface area contributed by atoms with Gasteiger partial charge in [-0.2, -0.15) is 4.98 Å². The van der Waals surface area contributed by atoms with Crippen LogP contribution in [0, 0.1) is 5.82 Å². The largest absolute Gasteiger partial charge is 0.465 e. The summed E-state index contributed by atoms with van der Waals surface area (Å²) >= 11 is 5.74. The van der Waals surface area contributed by atoms with E-state index in [4.69, 9.17) is 17.3 Å². The number of carbonyl (C=O) groups excluding carboxylic acids is 1. The average molecular weight is 311 g/mol. The van der Waals surface area contributed by atoms with Crippen molar-refractivity contribution in [3.63, 3.8) is 0 Å². The van der Waals surface area contributed by atoms with E-state index in [2.05, 4.69) is 20.0 Å². The van der Waals surface area contributed by atoms with Gasteiger partial charge in [0.2, 0.25) is 5.95 Å². The normalized spacial score (nSPS) is 10.2. The second kappa shape index (κ2) is 6.36. The number of aromatic nitrogens is 2. The monoisotopic (exact) mass is 310 g/mol. The molecule has 0 aliphatic rings. The quantitative estimate of drug-likeness (QED) is 0.665. The molecule has 0 spiro atoms. The molecule has 0 saturated carbocycles. The number of hydrogen-bond donors (Lipinski definition) is 2. The van der Waals surface area contributed by atoms with Gasteiger partial charge in [0.05, 0.1) is 12.7 Å². The lowest BCUT2D eigenvalue weighted by molar-refractivity contribution is 0.0600. The molecule has 21 heavy (non-hydrogen) atoms. The van der Waals surface area contributed by atoms with Crippen LogP contribution >= 0.6 is 11.6 Å². The van der Waals surface area contributed by atoms with Crippen LogP contribution in [0.15, 0.2) is 24.3 Å². The molecule has 2 aromatic rings. The summed E-state index contributed by atoms with van der Waals surface area (Å²) in [6.45, 7) is 0.101. The Morgan fingerprint density at radius 2 is 2.19 bits per heavy atom. The number of benzene rings is 1. The van der Waals surface area contributed by atoms with Gasteiger partial charge in [0, 0.05) is 18.2 Å². The van der Waals surface area contributed by atoms with Crippen molar-refractivity contribution < 1.29 is 13.9 Å². The van der Waals surface area contributed by atoms with Gasteiger partial charge in [0.1, 0.15) is 16.8 Å². The Bertz CT molecular complexity index is 661. The molecule has 1 aromatic heterocycles. The van der Waals surface area contributed by atoms with Gasteiger partial charge in [-0.15, -0.1) is 0 Å². The molecule has 3 N–H and O–H groups in total. The van der Waals surface area contributed by atoms with Crippen LogP contribution in [0.4, 0.5) is 16.2 Å². The number of ether oxygens (including phenoxy) is 1. The van der Waals surface area contributed by atoms with Crippen LogP contribution in [0.1, 0.15) is 15.9 Å². The zero-order valence-corrected chi connectivity index (χ0v) is 11.8. The van der Waals surface area contributed by atoms with E-state index in [1.165, 1.54) is 31.4 Å². The standard InChI is InChI=1S/C13H12ClFN4O2/c1-21-12(20)7-2-3-9(15)8(4-7)6-17-11-5-10(14)18-13(16)19-11/h2-5H,6H2,1H3,(H3,16,17,18,19). The minimum Gasteiger partial charge on any atom is -0.465 e. The molecular formula is C13H12ClFN4O2. The second-order valence-corrected chi connectivity index (χ2v) is 4.47. The number of esters is 1. The third-order valence-electron chi connectivity index (χ3n) is 2.64. The van der Waals surface area contributed by atoms with Crippen LogP contribution in [0.3, 0.4) is 0 Å². The predicted molar refractivity (Wildman–Crippen MR) is 76.5 cm³/mol. The Kier molecular flexibility index (Phi) is 4.54. The maximum atomic E-state index is 13.7. The first-order chi connectivity index (χ1) is 9.99. The smallest absolute Gasteiger partial charge is 0.337 e. The molecule has 0 fully saturated rings. The van der Waals surface area contributed by atoms with E-state index >= 15 is 0 Å². The molecule has 8 heteroatoms. The summed E-state index contributed by atoms with van der Waals surface area (Å²) in [6, 6.07) is 5.41. The number of nitrogens with zero attached hydrogens (tertiary/aromatic N) is 2. The van der Waals surface area contributed by atoms with Gasteiger partial charge in [-0.05, 0) is 18.2 Å². The minimum absolute atomic E-state index is 0.00813. The highest BCUT2D eigenvalue weighted by Crippen LogP contribution is 2.16. The molecule has 0 atom stereocenters. The molecule has 0 bridgehead atoms. The fourth-order valence-corrected chi connectivity index (χ4v) is 1.86. The Morgan fingerprint density at radius 1 is 1.43 bits per heavy atom. The number of carbonyl (C=O) groups is 1. The molecule has 0 aliphatic carbocycles. The molecule has 0 amide bonds. The number of nitrogens with one attached hydrogen (secondary N) is 1. The van der Waals surface area contributed by atoms with Gasteiger partial charge in [-0.3, -0.25) is 0 Å². The molecule has 2 rings (SSSR count). The third-order valence-corrected chi connectivity index (χ3v) is 2.83. The van der Waals surface area contributed by atoms with Crippen LogP contribution in [0.25, 0.3) is 0 Å². The second-order valence-electron chi connectivity index (χ2n) is 4.09. The van der Waals surface area contributed by atoms with Gasteiger partial charge in [-0.1, -0.05) is 11.6 Å². The molecular weight excluding hydrogens is 299 g/mol. The number of rotatable bonds is 4. The van der Waals surface area contributed by atoms with Gasteiger partial charge < -0.3 is 15.8 Å². The summed E-state index contributed by atoms with van der Waals surface area (Å²) in [7, 11) is 1.26. The lowest BCUT2D eigenvalue weighted by atomic mass is 10.1. The molecule has 1 aromatic carbocycles. The summed E-state index contributed by atoms with van der Waals surface area (Å²) in [5.74, 6) is -0.627. The molecule has 6 nitrogen and oxygen atoms in total. The summed E-state index contributed by atoms with van der Waals surface area (Å²) in [6.07, 6.45) is 0. The van der Waals surface area contributed by atoms with Gasteiger partial charge >= 0.3 is 5.97 Å². The highest BCUT2D eigenvalue weighted by molar-refractivity contribution is 6.29. The van der Waals surface area contributed by atoms with E-state index in [1.54, 1.807) is 0 Å². The first kappa shape index (κ1) is 15.0. The Hall–Kier alpha value is -2.41. The van der Waals surface area contributed by atoms with Crippen molar-refractivity contribution in [3.8, 4) is 0 Å². The SMILES string of the molecule is COC(=O)c1ccc(F)c(CNc2cc(Cl)nc(N)n2)c1. The van der Waals surface area contributed by atoms with E-state index in [0.717, 1.165) is 0 Å². The summed E-state index contributed by atoms with van der Waals surface area (Å²) < 4.78 is 18.3. The van der Waals surface area contributed by atoms with E-state index < -0.39 is 11.8 Å². The van der Waals surface area contributed by atoms with Crippen LogP contribution in [0.2, 0.25) is 5.15 Å². The maximum absolute atomic E-state index is 13.7. The van der Waals surface area contributed by atoms with Crippen LogP contribution in [-0.4, -0.2) is 23.0 Å². The van der Waals surface area contributed by atoms with E-state index in [1.807, 2.05) is 0 Å². The number of nitrogen functional groups attached to an aromatic ring is 1. The number of halogens is 2. The Morgan fingerprint density at radius 3 is 2.86 bits per heavy atom. The van der Waals surface area contributed by atoms with Gasteiger partial charge in [0.25, 0.3) is 0 Å². The Balaban J connectivity index is 2.17. The lowest BCUT2D eigenvalue weighted by Crippen LogP contribution is -2.08. The van der Waals surface area contributed by atoms with Gasteiger partial charge in [0.15, 0.2) is 0 Å². The number of hydrogen-bond acceptors (Lipinski definition) is 6. The van der Waals surface area contributed by atoms with E-state index in [-0.39, 0.29) is 28.8 Å². The molecule has 110 valence electrons. The van der Waals surface area contributed by atoms with Crippen molar-refractivity contribution in [2.45, 2.75) is 6.54 Å². The van der Waals surface area contributed by atoms with Crippen molar-refractivity contribution in [2.24, 2.45) is 0 Å². The zero-order valence-electron chi connectivity index (χ0n) is 11.1. The van der Waals surface area contributed by atoms with Crippen molar-refractivity contribution in [3.05, 3.63) is 46.4 Å². The fourth-order valence-electron chi connectivity index (χ4n) is 1.67. The zero-order chi connectivity index (χ0) is 15.4. The summed E-state index contributed by atoms with van der Waals surface area (Å²) in [5.41, 5.74) is 6.00. The summed E-state index contributed by atoms with van der Waals surface area (Å²) in [4.78, 5) is 19.0. The van der Waals surface area contributed by atoms with Crippen LogP contribution in [0.5, 0.6) is 0 Å². The average Bonchev–Trinajstić information content (AvgIpc) is 2.44. The van der Waals surface area contributed by atoms with E-state index in [9.17, 15) is 9.18 Å². The highest BCUT2D eigenvalue weighted by Gasteiger charge is 2.10. The molecule has 0 aliphatic heterocycles.